The number of aromatic amines is 1. The van der Waals surface area contributed by atoms with E-state index in [1.54, 1.807) is 17.4 Å². The first-order chi connectivity index (χ1) is 9.00. The smallest absolute Gasteiger partial charge is 0.317 e. The number of H-pyrrole nitrogens is 1. The van der Waals surface area contributed by atoms with Crippen LogP contribution in [-0.4, -0.2) is 44.6 Å². The fourth-order valence-electron chi connectivity index (χ4n) is 1.65. The number of carboxylic acids is 1. The number of amides is 2. The van der Waals surface area contributed by atoms with E-state index in [1.165, 1.54) is 0 Å². The highest BCUT2D eigenvalue weighted by Gasteiger charge is 2.16. The first-order valence-electron chi connectivity index (χ1n) is 6.24. The summed E-state index contributed by atoms with van der Waals surface area (Å²) in [7, 11) is 0. The molecule has 0 fully saturated rings. The fourth-order valence-corrected chi connectivity index (χ4v) is 1.65. The van der Waals surface area contributed by atoms with Gasteiger partial charge in [0.1, 0.15) is 0 Å². The van der Waals surface area contributed by atoms with Crippen LogP contribution >= 0.6 is 0 Å². The quantitative estimate of drug-likeness (QED) is 0.692. The number of carboxylic acid groups (broad SMARTS) is 1. The summed E-state index contributed by atoms with van der Waals surface area (Å²) < 4.78 is 0. The lowest BCUT2D eigenvalue weighted by atomic mass is 10.2. The summed E-state index contributed by atoms with van der Waals surface area (Å²) in [6.45, 7) is 4.60. The molecule has 1 aromatic heterocycles. The molecule has 0 aliphatic heterocycles. The van der Waals surface area contributed by atoms with Crippen LogP contribution in [0.25, 0.3) is 0 Å². The first kappa shape index (κ1) is 15.0. The Morgan fingerprint density at radius 2 is 2.26 bits per heavy atom. The maximum absolute atomic E-state index is 12.0. The van der Waals surface area contributed by atoms with E-state index in [0.717, 1.165) is 5.69 Å². The maximum Gasteiger partial charge on any atom is 0.317 e. The van der Waals surface area contributed by atoms with Crippen molar-refractivity contribution in [1.29, 1.82) is 0 Å². The Labute approximate surface area is 112 Å². The molecule has 7 heteroatoms. The number of aromatic nitrogens is 2. The van der Waals surface area contributed by atoms with Crippen LogP contribution in [-0.2, 0) is 11.3 Å². The molecule has 0 radical (unpaired) electrons. The minimum absolute atomic E-state index is 0.0237. The van der Waals surface area contributed by atoms with E-state index in [9.17, 15) is 9.59 Å². The Bertz CT molecular complexity index is 403. The Morgan fingerprint density at radius 3 is 2.79 bits per heavy atom. The van der Waals surface area contributed by atoms with Gasteiger partial charge in [-0.25, -0.2) is 9.78 Å². The Morgan fingerprint density at radius 1 is 1.53 bits per heavy atom. The molecule has 0 aromatic carbocycles. The van der Waals surface area contributed by atoms with Gasteiger partial charge in [-0.2, -0.15) is 0 Å². The predicted octanol–water partition coefficient (Wildman–Crippen LogP) is 1.19. The summed E-state index contributed by atoms with van der Waals surface area (Å²) in [6, 6.07) is -0.175. The van der Waals surface area contributed by atoms with E-state index in [0.29, 0.717) is 19.5 Å². The van der Waals surface area contributed by atoms with E-state index in [2.05, 4.69) is 15.3 Å². The third-order valence-corrected chi connectivity index (χ3v) is 2.66. The average molecular weight is 268 g/mol. The van der Waals surface area contributed by atoms with Crippen molar-refractivity contribution in [1.82, 2.24) is 20.2 Å². The molecule has 1 heterocycles. The van der Waals surface area contributed by atoms with Crippen molar-refractivity contribution in [3.8, 4) is 0 Å². The van der Waals surface area contributed by atoms with Crippen molar-refractivity contribution >= 4 is 12.0 Å². The van der Waals surface area contributed by atoms with Gasteiger partial charge in [0.05, 0.1) is 18.6 Å². The SMILES string of the molecule is CC(C)N(CCCC(=O)O)C(=O)NCc1cnc[nH]1. The summed E-state index contributed by atoms with van der Waals surface area (Å²) in [6.07, 6.45) is 3.71. The molecule has 0 aliphatic carbocycles. The normalized spacial score (nSPS) is 10.5. The number of imidazole rings is 1. The van der Waals surface area contributed by atoms with Gasteiger partial charge >= 0.3 is 12.0 Å². The lowest BCUT2D eigenvalue weighted by Crippen LogP contribution is -2.44. The topological polar surface area (TPSA) is 98.3 Å². The van der Waals surface area contributed by atoms with E-state index in [-0.39, 0.29) is 18.5 Å². The first-order valence-corrected chi connectivity index (χ1v) is 6.24. The maximum atomic E-state index is 12.0. The average Bonchev–Trinajstić information content (AvgIpc) is 2.84. The number of carbonyl (C=O) groups excluding carboxylic acids is 1. The zero-order valence-corrected chi connectivity index (χ0v) is 11.2. The highest BCUT2D eigenvalue weighted by atomic mass is 16.4. The Kier molecular flexibility index (Phi) is 5.84. The molecular formula is C12H20N4O3. The van der Waals surface area contributed by atoms with Crippen LogP contribution in [0.5, 0.6) is 0 Å². The van der Waals surface area contributed by atoms with Gasteiger partial charge in [-0.1, -0.05) is 0 Å². The van der Waals surface area contributed by atoms with Crippen molar-refractivity contribution in [3.05, 3.63) is 18.2 Å². The van der Waals surface area contributed by atoms with Crippen LogP contribution in [0.1, 0.15) is 32.4 Å². The van der Waals surface area contributed by atoms with Gasteiger partial charge in [0, 0.05) is 25.2 Å². The molecule has 2 amide bonds. The second-order valence-corrected chi connectivity index (χ2v) is 4.52. The number of nitrogens with zero attached hydrogens (tertiary/aromatic N) is 2. The monoisotopic (exact) mass is 268 g/mol. The number of carbonyl (C=O) groups is 2. The Hall–Kier alpha value is -2.05. The van der Waals surface area contributed by atoms with Gasteiger partial charge in [0.15, 0.2) is 0 Å². The highest BCUT2D eigenvalue weighted by molar-refractivity contribution is 5.74. The summed E-state index contributed by atoms with van der Waals surface area (Å²) in [5.74, 6) is -0.846. The van der Waals surface area contributed by atoms with Gasteiger partial charge in [-0.15, -0.1) is 0 Å². The van der Waals surface area contributed by atoms with Gasteiger partial charge in [0.25, 0.3) is 0 Å². The van der Waals surface area contributed by atoms with Crippen LogP contribution in [0.15, 0.2) is 12.5 Å². The summed E-state index contributed by atoms with van der Waals surface area (Å²) in [5.41, 5.74) is 0.822. The molecule has 0 aliphatic rings. The van der Waals surface area contributed by atoms with E-state index in [4.69, 9.17) is 5.11 Å². The molecule has 106 valence electrons. The predicted molar refractivity (Wildman–Crippen MR) is 69.5 cm³/mol. The molecule has 1 aromatic rings. The molecule has 1 rings (SSSR count). The number of rotatable bonds is 7. The standard InChI is InChI=1S/C12H20N4O3/c1-9(2)16(5-3-4-11(17)18)12(19)14-7-10-6-13-8-15-10/h6,8-9H,3-5,7H2,1-2H3,(H,13,15)(H,14,19)(H,17,18). The molecule has 0 saturated carbocycles. The molecule has 0 bridgehead atoms. The zero-order valence-electron chi connectivity index (χ0n) is 11.2. The van der Waals surface area contributed by atoms with Crippen LogP contribution in [0.4, 0.5) is 4.79 Å². The lowest BCUT2D eigenvalue weighted by molar-refractivity contribution is -0.137. The second-order valence-electron chi connectivity index (χ2n) is 4.52. The van der Waals surface area contributed by atoms with Gasteiger partial charge in [-0.05, 0) is 20.3 Å². The van der Waals surface area contributed by atoms with Crippen LogP contribution in [0.2, 0.25) is 0 Å². The minimum Gasteiger partial charge on any atom is -0.481 e. The van der Waals surface area contributed by atoms with Crippen molar-refractivity contribution in [2.24, 2.45) is 0 Å². The summed E-state index contributed by atoms with van der Waals surface area (Å²) in [4.78, 5) is 30.8. The van der Waals surface area contributed by atoms with Crippen LogP contribution < -0.4 is 5.32 Å². The number of nitrogens with one attached hydrogen (secondary N) is 2. The summed E-state index contributed by atoms with van der Waals surface area (Å²) >= 11 is 0. The number of hydrogen-bond donors (Lipinski definition) is 3. The number of aliphatic carboxylic acids is 1. The lowest BCUT2D eigenvalue weighted by Gasteiger charge is -2.26. The zero-order chi connectivity index (χ0) is 14.3. The number of urea groups is 1. The van der Waals surface area contributed by atoms with Crippen molar-refractivity contribution in [2.75, 3.05) is 6.54 Å². The molecule has 0 saturated heterocycles. The highest BCUT2D eigenvalue weighted by Crippen LogP contribution is 2.03. The van der Waals surface area contributed by atoms with Gasteiger partial charge in [-0.3, -0.25) is 4.79 Å². The molecule has 19 heavy (non-hydrogen) atoms. The van der Waals surface area contributed by atoms with E-state index < -0.39 is 5.97 Å². The van der Waals surface area contributed by atoms with Crippen molar-refractivity contribution in [2.45, 2.75) is 39.3 Å². The van der Waals surface area contributed by atoms with Gasteiger partial charge in [0.2, 0.25) is 0 Å². The van der Waals surface area contributed by atoms with E-state index >= 15 is 0 Å². The molecule has 0 spiro atoms. The largest absolute Gasteiger partial charge is 0.481 e. The van der Waals surface area contributed by atoms with Crippen molar-refractivity contribution < 1.29 is 14.7 Å². The van der Waals surface area contributed by atoms with Crippen LogP contribution in [0.3, 0.4) is 0 Å². The Balaban J connectivity index is 2.41. The number of hydrogen-bond acceptors (Lipinski definition) is 3. The molecule has 7 nitrogen and oxygen atoms in total. The third-order valence-electron chi connectivity index (χ3n) is 2.66. The molecule has 0 unspecified atom stereocenters. The van der Waals surface area contributed by atoms with Gasteiger partial charge < -0.3 is 20.3 Å². The molecule has 0 atom stereocenters. The van der Waals surface area contributed by atoms with Crippen molar-refractivity contribution in [3.63, 3.8) is 0 Å². The van der Waals surface area contributed by atoms with E-state index in [1.807, 2.05) is 13.8 Å². The third kappa shape index (κ3) is 5.41. The second kappa shape index (κ2) is 7.40. The molecule has 3 N–H and O–H groups in total. The summed E-state index contributed by atoms with van der Waals surface area (Å²) in [5, 5.41) is 11.4. The fraction of sp³-hybridized carbons (Fsp3) is 0.583. The minimum atomic E-state index is -0.846. The molecular weight excluding hydrogens is 248 g/mol. The van der Waals surface area contributed by atoms with Crippen LogP contribution in [0, 0.1) is 0 Å².